The van der Waals surface area contributed by atoms with E-state index < -0.39 is 5.69 Å². The molecule has 3 rings (SSSR count). The maximum absolute atomic E-state index is 12.1. The summed E-state index contributed by atoms with van der Waals surface area (Å²) in [7, 11) is 4.64. The lowest BCUT2D eigenvalue weighted by Crippen LogP contribution is -2.36. The largest absolute Gasteiger partial charge is 0.497 e. The summed E-state index contributed by atoms with van der Waals surface area (Å²) < 4.78 is 7.51. The lowest BCUT2D eigenvalue weighted by molar-refractivity contribution is 0.415. The van der Waals surface area contributed by atoms with Crippen LogP contribution in [-0.4, -0.2) is 26.2 Å². The van der Waals surface area contributed by atoms with Crippen LogP contribution in [0.2, 0.25) is 0 Å². The molecule has 1 aromatic carbocycles. The molecule has 0 bridgehead atoms. The Balaban J connectivity index is 2.02. The van der Waals surface area contributed by atoms with Crippen molar-refractivity contribution in [1.82, 2.24) is 19.1 Å². The summed E-state index contributed by atoms with van der Waals surface area (Å²) >= 11 is 0. The van der Waals surface area contributed by atoms with Gasteiger partial charge in [-0.25, -0.2) is 9.78 Å². The van der Waals surface area contributed by atoms with Crippen LogP contribution in [0.25, 0.3) is 23.3 Å². The molecule has 1 N–H and O–H groups in total. The maximum Gasteiger partial charge on any atom is 0.332 e. The third-order valence-corrected chi connectivity index (χ3v) is 3.66. The highest BCUT2D eigenvalue weighted by Crippen LogP contribution is 2.14. The Labute approximate surface area is 131 Å². The van der Waals surface area contributed by atoms with E-state index in [-0.39, 0.29) is 5.56 Å². The highest BCUT2D eigenvalue weighted by Gasteiger charge is 2.12. The first kappa shape index (κ1) is 14.8. The van der Waals surface area contributed by atoms with Crippen molar-refractivity contribution in [3.8, 4) is 5.75 Å². The van der Waals surface area contributed by atoms with Gasteiger partial charge in [0.05, 0.1) is 7.11 Å². The molecular formula is C16H16N4O3. The number of ether oxygens (including phenoxy) is 1. The van der Waals surface area contributed by atoms with Crippen LogP contribution in [0.3, 0.4) is 0 Å². The van der Waals surface area contributed by atoms with E-state index in [9.17, 15) is 9.59 Å². The zero-order chi connectivity index (χ0) is 16.6. The molecule has 2 heterocycles. The number of methoxy groups -OCH3 is 1. The smallest absolute Gasteiger partial charge is 0.332 e. The molecule has 0 aliphatic rings. The normalized spacial score (nSPS) is 11.4. The molecule has 0 amide bonds. The van der Waals surface area contributed by atoms with Crippen molar-refractivity contribution in [2.75, 3.05) is 7.11 Å². The zero-order valence-corrected chi connectivity index (χ0v) is 13.0. The van der Waals surface area contributed by atoms with Crippen molar-refractivity contribution in [3.63, 3.8) is 0 Å². The van der Waals surface area contributed by atoms with Crippen molar-refractivity contribution < 1.29 is 4.74 Å². The number of hydrogen-bond acceptors (Lipinski definition) is 4. The third-order valence-electron chi connectivity index (χ3n) is 3.66. The summed E-state index contributed by atoms with van der Waals surface area (Å²) in [4.78, 5) is 31.3. The Morgan fingerprint density at radius 3 is 2.43 bits per heavy atom. The van der Waals surface area contributed by atoms with Gasteiger partial charge in [-0.15, -0.1) is 0 Å². The van der Waals surface area contributed by atoms with E-state index in [4.69, 9.17) is 4.74 Å². The Morgan fingerprint density at radius 2 is 1.78 bits per heavy atom. The van der Waals surface area contributed by atoms with Crippen LogP contribution in [0.5, 0.6) is 5.75 Å². The van der Waals surface area contributed by atoms with Gasteiger partial charge in [-0.05, 0) is 23.8 Å². The highest BCUT2D eigenvalue weighted by molar-refractivity contribution is 5.75. The van der Waals surface area contributed by atoms with Gasteiger partial charge >= 0.3 is 5.69 Å². The third kappa shape index (κ3) is 2.57. The number of aromatic nitrogens is 4. The predicted molar refractivity (Wildman–Crippen MR) is 88.5 cm³/mol. The van der Waals surface area contributed by atoms with Gasteiger partial charge in [-0.2, -0.15) is 0 Å². The van der Waals surface area contributed by atoms with Crippen LogP contribution in [0.15, 0.2) is 33.9 Å². The minimum atomic E-state index is -0.403. The number of benzene rings is 1. The van der Waals surface area contributed by atoms with Crippen LogP contribution in [0, 0.1) is 0 Å². The van der Waals surface area contributed by atoms with E-state index in [1.54, 1.807) is 20.2 Å². The van der Waals surface area contributed by atoms with Crippen molar-refractivity contribution in [3.05, 3.63) is 56.5 Å². The fourth-order valence-corrected chi connectivity index (χ4v) is 2.31. The molecule has 0 aliphatic heterocycles. The molecule has 0 unspecified atom stereocenters. The number of nitrogens with one attached hydrogen (secondary N) is 1. The number of fused-ring (bicyclic) bond motifs is 1. The van der Waals surface area contributed by atoms with Crippen LogP contribution >= 0.6 is 0 Å². The summed E-state index contributed by atoms with van der Waals surface area (Å²) in [6.07, 6.45) is 3.62. The fraction of sp³-hybridized carbons (Fsp3) is 0.188. The number of H-pyrrole nitrogens is 1. The zero-order valence-electron chi connectivity index (χ0n) is 13.0. The van der Waals surface area contributed by atoms with Crippen molar-refractivity contribution >= 4 is 23.3 Å². The number of nitrogens with zero attached hydrogens (tertiary/aromatic N) is 3. The Morgan fingerprint density at radius 1 is 1.09 bits per heavy atom. The standard InChI is InChI=1S/C16H16N4O3/c1-19-14-13(15(21)20(2)16(19)22)17-12(18-14)9-6-10-4-7-11(23-3)8-5-10/h4-9H,1-3H3,(H,17,18)/b9-6+. The van der Waals surface area contributed by atoms with E-state index >= 15 is 0 Å². The van der Waals surface area contributed by atoms with Crippen molar-refractivity contribution in [2.45, 2.75) is 0 Å². The van der Waals surface area contributed by atoms with Crippen LogP contribution in [0.1, 0.15) is 11.4 Å². The monoisotopic (exact) mass is 312 g/mol. The molecule has 0 radical (unpaired) electrons. The van der Waals surface area contributed by atoms with Crippen LogP contribution in [-0.2, 0) is 14.1 Å². The summed E-state index contributed by atoms with van der Waals surface area (Å²) in [6, 6.07) is 7.54. The number of imidazole rings is 1. The second-order valence-corrected chi connectivity index (χ2v) is 5.13. The quantitative estimate of drug-likeness (QED) is 0.786. The molecule has 23 heavy (non-hydrogen) atoms. The summed E-state index contributed by atoms with van der Waals surface area (Å²) in [6.45, 7) is 0. The molecule has 0 fully saturated rings. The van der Waals surface area contributed by atoms with Gasteiger partial charge in [0.1, 0.15) is 17.1 Å². The minimum absolute atomic E-state index is 0.309. The Kier molecular flexibility index (Phi) is 3.61. The van der Waals surface area contributed by atoms with Gasteiger partial charge in [0.25, 0.3) is 5.56 Å². The van der Waals surface area contributed by atoms with Gasteiger partial charge in [0.2, 0.25) is 0 Å². The molecule has 3 aromatic rings. The topological polar surface area (TPSA) is 81.9 Å². The summed E-state index contributed by atoms with van der Waals surface area (Å²) in [5.41, 5.74) is 0.823. The second-order valence-electron chi connectivity index (χ2n) is 5.13. The first-order valence-corrected chi connectivity index (χ1v) is 6.99. The van der Waals surface area contributed by atoms with E-state index in [0.29, 0.717) is 17.0 Å². The molecule has 0 spiro atoms. The minimum Gasteiger partial charge on any atom is -0.497 e. The Hall–Kier alpha value is -3.09. The molecule has 0 saturated carbocycles. The van der Waals surface area contributed by atoms with Gasteiger partial charge < -0.3 is 9.72 Å². The molecule has 118 valence electrons. The lowest BCUT2D eigenvalue weighted by Gasteiger charge is -2.00. The lowest BCUT2D eigenvalue weighted by atomic mass is 10.2. The highest BCUT2D eigenvalue weighted by atomic mass is 16.5. The molecule has 0 atom stereocenters. The van der Waals surface area contributed by atoms with Crippen LogP contribution < -0.4 is 16.0 Å². The first-order valence-electron chi connectivity index (χ1n) is 6.99. The predicted octanol–water partition coefficient (Wildman–Crippen LogP) is 1.14. The number of hydrogen-bond donors (Lipinski definition) is 1. The van der Waals surface area contributed by atoms with Crippen molar-refractivity contribution in [1.29, 1.82) is 0 Å². The van der Waals surface area contributed by atoms with Gasteiger partial charge in [0.15, 0.2) is 5.65 Å². The van der Waals surface area contributed by atoms with E-state index in [2.05, 4.69) is 9.97 Å². The molecule has 7 nitrogen and oxygen atoms in total. The van der Waals surface area contributed by atoms with Crippen LogP contribution in [0.4, 0.5) is 0 Å². The SMILES string of the molecule is COc1ccc(/C=C/c2nc3c([nH]2)c(=O)n(C)c(=O)n3C)cc1. The molecule has 2 aromatic heterocycles. The molecule has 0 aliphatic carbocycles. The van der Waals surface area contributed by atoms with Crippen molar-refractivity contribution in [2.24, 2.45) is 14.1 Å². The van der Waals surface area contributed by atoms with Gasteiger partial charge in [-0.3, -0.25) is 13.9 Å². The molecule has 7 heteroatoms. The second kappa shape index (κ2) is 5.60. The first-order chi connectivity index (χ1) is 11.0. The maximum atomic E-state index is 12.1. The number of aryl methyl sites for hydroxylation is 1. The number of aromatic amines is 1. The average molecular weight is 312 g/mol. The summed E-state index contributed by atoms with van der Waals surface area (Å²) in [5.74, 6) is 1.29. The Bertz CT molecular complexity index is 1010. The van der Waals surface area contributed by atoms with Gasteiger partial charge in [-0.1, -0.05) is 18.2 Å². The average Bonchev–Trinajstić information content (AvgIpc) is 3.01. The number of rotatable bonds is 3. The van der Waals surface area contributed by atoms with E-state index in [1.165, 1.54) is 11.6 Å². The molecule has 0 saturated heterocycles. The van der Waals surface area contributed by atoms with E-state index in [1.807, 2.05) is 30.3 Å². The van der Waals surface area contributed by atoms with E-state index in [0.717, 1.165) is 15.9 Å². The molecular weight excluding hydrogens is 296 g/mol. The van der Waals surface area contributed by atoms with Gasteiger partial charge in [0, 0.05) is 14.1 Å². The summed E-state index contributed by atoms with van der Waals surface area (Å²) in [5, 5.41) is 0. The fourth-order valence-electron chi connectivity index (χ4n) is 2.31.